The quantitative estimate of drug-likeness (QED) is 0.325. The molecule has 2 nitrogen and oxygen atoms in total. The Hall–Kier alpha value is -1.05. The Morgan fingerprint density at radius 2 is 2.44 bits per heavy atom. The highest BCUT2D eigenvalue weighted by molar-refractivity contribution is 5.40. The lowest BCUT2D eigenvalue weighted by Gasteiger charge is -1.96. The van der Waals surface area contributed by atoms with Crippen molar-refractivity contribution in [2.75, 3.05) is 0 Å². The van der Waals surface area contributed by atoms with E-state index in [0.29, 0.717) is 18.7 Å². The number of carbonyl (C=O) groups excluding carboxylic acids is 1. The third-order valence-corrected chi connectivity index (χ3v) is 0.852. The molecule has 9 heavy (non-hydrogen) atoms. The van der Waals surface area contributed by atoms with Gasteiger partial charge in [-0.15, -0.1) is 0 Å². The fraction of sp³-hybridized carbons (Fsp3) is 0.286. The van der Waals surface area contributed by atoms with Gasteiger partial charge < -0.3 is 4.74 Å². The van der Waals surface area contributed by atoms with E-state index in [0.717, 1.165) is 0 Å². The minimum atomic E-state index is 0.416. The van der Waals surface area contributed by atoms with Gasteiger partial charge in [0.25, 0.3) is 6.47 Å². The van der Waals surface area contributed by atoms with E-state index in [9.17, 15) is 4.79 Å². The summed E-state index contributed by atoms with van der Waals surface area (Å²) in [6, 6.07) is 0. The topological polar surface area (TPSA) is 26.3 Å². The summed E-state index contributed by atoms with van der Waals surface area (Å²) in [7, 11) is 0. The maximum Gasteiger partial charge on any atom is 0.298 e. The molecule has 0 atom stereocenters. The average Bonchev–Trinajstić information content (AvgIpc) is 1.88. The summed E-state index contributed by atoms with van der Waals surface area (Å²) in [4.78, 5) is 9.75. The second-order valence-electron chi connectivity index (χ2n) is 1.44. The summed E-state index contributed by atoms with van der Waals surface area (Å²) in [5, 5.41) is 0. The zero-order chi connectivity index (χ0) is 7.11. The molecule has 0 aromatic rings. The van der Waals surface area contributed by atoms with Gasteiger partial charge in [-0.2, -0.15) is 0 Å². The van der Waals surface area contributed by atoms with E-state index in [-0.39, 0.29) is 0 Å². The van der Waals surface area contributed by atoms with E-state index in [4.69, 9.17) is 0 Å². The van der Waals surface area contributed by atoms with Crippen LogP contribution in [0.3, 0.4) is 0 Å². The molecule has 0 radical (unpaired) electrons. The first kappa shape index (κ1) is 7.95. The third kappa shape index (κ3) is 3.53. The molecule has 0 saturated heterocycles. The van der Waals surface area contributed by atoms with E-state index in [2.05, 4.69) is 11.3 Å². The lowest BCUT2D eigenvalue weighted by molar-refractivity contribution is -0.125. The second kappa shape index (κ2) is 5.09. The van der Waals surface area contributed by atoms with E-state index >= 15 is 0 Å². The first-order valence-electron chi connectivity index (χ1n) is 2.77. The van der Waals surface area contributed by atoms with Crippen LogP contribution < -0.4 is 0 Å². The number of hydrogen-bond donors (Lipinski definition) is 0. The van der Waals surface area contributed by atoms with Crippen LogP contribution in [-0.2, 0) is 9.53 Å². The highest BCUT2D eigenvalue weighted by atomic mass is 16.5. The number of hydrogen-bond acceptors (Lipinski definition) is 2. The standard InChI is InChI=1S/C7H10O2/c1-3-5-7(4-2)9-6-8/h3,5-6H,1,4H2,2H3. The molecule has 0 saturated carbocycles. The summed E-state index contributed by atoms with van der Waals surface area (Å²) in [5.41, 5.74) is 0. The molecule has 0 aliphatic carbocycles. The minimum Gasteiger partial charge on any atom is -0.433 e. The molecule has 0 aliphatic heterocycles. The van der Waals surface area contributed by atoms with Crippen LogP contribution in [0.5, 0.6) is 0 Å². The van der Waals surface area contributed by atoms with Gasteiger partial charge in [-0.3, -0.25) is 4.79 Å². The Labute approximate surface area is 54.8 Å². The van der Waals surface area contributed by atoms with Crippen molar-refractivity contribution >= 4 is 6.47 Å². The third-order valence-electron chi connectivity index (χ3n) is 0.852. The zero-order valence-electron chi connectivity index (χ0n) is 5.46. The summed E-state index contributed by atoms with van der Waals surface area (Å²) < 4.78 is 4.54. The molecule has 0 aromatic carbocycles. The van der Waals surface area contributed by atoms with Gasteiger partial charge >= 0.3 is 0 Å². The highest BCUT2D eigenvalue weighted by Crippen LogP contribution is 1.99. The largest absolute Gasteiger partial charge is 0.433 e. The van der Waals surface area contributed by atoms with Crippen LogP contribution >= 0.6 is 0 Å². The molecule has 50 valence electrons. The molecule has 0 amide bonds. The maximum atomic E-state index is 9.75. The highest BCUT2D eigenvalue weighted by Gasteiger charge is 1.88. The minimum absolute atomic E-state index is 0.416. The molecule has 0 unspecified atom stereocenters. The number of rotatable bonds is 4. The van der Waals surface area contributed by atoms with E-state index in [1.54, 1.807) is 12.2 Å². The van der Waals surface area contributed by atoms with Gasteiger partial charge in [0.2, 0.25) is 0 Å². The molecular formula is C7H10O2. The summed E-state index contributed by atoms with van der Waals surface area (Å²) >= 11 is 0. The number of carbonyl (C=O) groups is 1. The maximum absolute atomic E-state index is 9.75. The number of allylic oxidation sites excluding steroid dienone is 3. The Balaban J connectivity index is 3.79. The van der Waals surface area contributed by atoms with Crippen molar-refractivity contribution < 1.29 is 9.53 Å². The molecule has 2 heteroatoms. The normalized spacial score (nSPS) is 10.6. The number of ether oxygens (including phenoxy) is 1. The van der Waals surface area contributed by atoms with Crippen molar-refractivity contribution in [1.82, 2.24) is 0 Å². The summed E-state index contributed by atoms with van der Waals surface area (Å²) in [5.74, 6) is 0.639. The van der Waals surface area contributed by atoms with E-state index in [1.807, 2.05) is 6.92 Å². The summed E-state index contributed by atoms with van der Waals surface area (Å²) in [6.07, 6.45) is 3.96. The van der Waals surface area contributed by atoms with Crippen molar-refractivity contribution in [1.29, 1.82) is 0 Å². The fourth-order valence-corrected chi connectivity index (χ4v) is 0.434. The lowest BCUT2D eigenvalue weighted by Crippen LogP contribution is -1.85. The predicted octanol–water partition coefficient (Wildman–Crippen LogP) is 1.64. The molecule has 0 bridgehead atoms. The van der Waals surface area contributed by atoms with Gasteiger partial charge in [0.05, 0.1) is 0 Å². The zero-order valence-corrected chi connectivity index (χ0v) is 5.46. The molecule has 0 aromatic heterocycles. The van der Waals surface area contributed by atoms with Crippen LogP contribution in [0, 0.1) is 0 Å². The molecule has 0 N–H and O–H groups in total. The first-order chi connectivity index (χ1) is 4.35. The molecule has 0 fully saturated rings. The van der Waals surface area contributed by atoms with E-state index < -0.39 is 0 Å². The monoisotopic (exact) mass is 126 g/mol. The van der Waals surface area contributed by atoms with Crippen molar-refractivity contribution in [3.8, 4) is 0 Å². The van der Waals surface area contributed by atoms with Gasteiger partial charge in [0.15, 0.2) is 0 Å². The SMILES string of the molecule is C=CC=C(CC)OC=O. The van der Waals surface area contributed by atoms with Gasteiger partial charge in [0, 0.05) is 6.42 Å². The molecule has 0 aliphatic rings. The van der Waals surface area contributed by atoms with Crippen LogP contribution in [0.25, 0.3) is 0 Å². The molecule has 0 spiro atoms. The van der Waals surface area contributed by atoms with Crippen molar-refractivity contribution in [3.63, 3.8) is 0 Å². The Morgan fingerprint density at radius 1 is 1.78 bits per heavy atom. The Morgan fingerprint density at radius 3 is 2.78 bits per heavy atom. The van der Waals surface area contributed by atoms with Crippen LogP contribution in [-0.4, -0.2) is 6.47 Å². The molecule has 0 rings (SSSR count). The first-order valence-corrected chi connectivity index (χ1v) is 2.77. The lowest BCUT2D eigenvalue weighted by atomic mass is 10.3. The van der Waals surface area contributed by atoms with Gasteiger partial charge in [-0.05, 0) is 6.08 Å². The second-order valence-corrected chi connectivity index (χ2v) is 1.44. The summed E-state index contributed by atoms with van der Waals surface area (Å²) in [6.45, 7) is 5.78. The van der Waals surface area contributed by atoms with Crippen molar-refractivity contribution in [2.24, 2.45) is 0 Å². The Kier molecular flexibility index (Phi) is 4.50. The van der Waals surface area contributed by atoms with Crippen LogP contribution in [0.2, 0.25) is 0 Å². The molecular weight excluding hydrogens is 116 g/mol. The Bertz CT molecular complexity index is 125. The van der Waals surface area contributed by atoms with Crippen molar-refractivity contribution in [3.05, 3.63) is 24.5 Å². The van der Waals surface area contributed by atoms with Crippen molar-refractivity contribution in [2.45, 2.75) is 13.3 Å². The van der Waals surface area contributed by atoms with Crippen LogP contribution in [0.15, 0.2) is 24.5 Å². The predicted molar refractivity (Wildman–Crippen MR) is 35.7 cm³/mol. The average molecular weight is 126 g/mol. The van der Waals surface area contributed by atoms with E-state index in [1.165, 1.54) is 0 Å². The van der Waals surface area contributed by atoms with Gasteiger partial charge in [-0.25, -0.2) is 0 Å². The van der Waals surface area contributed by atoms with Gasteiger partial charge in [-0.1, -0.05) is 19.6 Å². The van der Waals surface area contributed by atoms with Crippen LogP contribution in [0.4, 0.5) is 0 Å². The fourth-order valence-electron chi connectivity index (χ4n) is 0.434. The van der Waals surface area contributed by atoms with Crippen LogP contribution in [0.1, 0.15) is 13.3 Å². The molecule has 0 heterocycles. The van der Waals surface area contributed by atoms with Gasteiger partial charge in [0.1, 0.15) is 5.76 Å². The smallest absolute Gasteiger partial charge is 0.298 e.